The summed E-state index contributed by atoms with van der Waals surface area (Å²) in [7, 11) is 1.86. The largest absolute Gasteiger partial charge is 0.486 e. The van der Waals surface area contributed by atoms with Crippen LogP contribution in [0.1, 0.15) is 21.7 Å². The van der Waals surface area contributed by atoms with Crippen molar-refractivity contribution in [1.29, 1.82) is 0 Å². The number of aryl methyl sites for hydroxylation is 1. The van der Waals surface area contributed by atoms with Gasteiger partial charge >= 0.3 is 0 Å². The van der Waals surface area contributed by atoms with Crippen molar-refractivity contribution < 1.29 is 9.53 Å². The maximum absolute atomic E-state index is 12.2. The number of hydrogen-bond acceptors (Lipinski definition) is 5. The van der Waals surface area contributed by atoms with Gasteiger partial charge in [-0.05, 0) is 43.3 Å². The minimum Gasteiger partial charge on any atom is -0.486 e. The van der Waals surface area contributed by atoms with E-state index in [0.29, 0.717) is 28.2 Å². The Hall–Kier alpha value is -2.31. The Balaban J connectivity index is 1.57. The first-order valence-electron chi connectivity index (χ1n) is 8.02. The third-order valence-electron chi connectivity index (χ3n) is 3.81. The molecule has 0 aliphatic carbocycles. The number of carbonyl (C=O) groups excluding carboxylic acids is 1. The van der Waals surface area contributed by atoms with E-state index < -0.39 is 0 Å². The molecule has 3 aromatic rings. The average molecular weight is 388 g/mol. The number of aromatic nitrogens is 3. The molecule has 134 valence electrons. The van der Waals surface area contributed by atoms with E-state index in [1.165, 1.54) is 17.3 Å². The third-order valence-corrected chi connectivity index (χ3v) is 5.08. The molecule has 5 nitrogen and oxygen atoms in total. The molecule has 26 heavy (non-hydrogen) atoms. The number of halogens is 1. The maximum Gasteiger partial charge on any atom is 0.191 e. The van der Waals surface area contributed by atoms with Crippen molar-refractivity contribution in [3.8, 4) is 5.75 Å². The van der Waals surface area contributed by atoms with Gasteiger partial charge in [0.05, 0.1) is 5.75 Å². The molecule has 2 aromatic carbocycles. The van der Waals surface area contributed by atoms with Crippen LogP contribution in [0, 0.1) is 6.92 Å². The topological polar surface area (TPSA) is 57.0 Å². The van der Waals surface area contributed by atoms with Gasteiger partial charge in [0.2, 0.25) is 0 Å². The molecule has 0 spiro atoms. The van der Waals surface area contributed by atoms with E-state index in [0.717, 1.165) is 5.75 Å². The highest BCUT2D eigenvalue weighted by Crippen LogP contribution is 2.19. The van der Waals surface area contributed by atoms with Crippen molar-refractivity contribution in [3.63, 3.8) is 0 Å². The molecule has 0 fully saturated rings. The highest BCUT2D eigenvalue weighted by Gasteiger charge is 2.13. The second-order valence-electron chi connectivity index (χ2n) is 5.78. The van der Waals surface area contributed by atoms with Crippen molar-refractivity contribution in [2.75, 3.05) is 5.75 Å². The maximum atomic E-state index is 12.2. The lowest BCUT2D eigenvalue weighted by atomic mass is 10.1. The fourth-order valence-corrected chi connectivity index (χ4v) is 3.18. The fourth-order valence-electron chi connectivity index (χ4n) is 2.23. The highest BCUT2D eigenvalue weighted by molar-refractivity contribution is 7.99. The molecule has 0 saturated carbocycles. The van der Waals surface area contributed by atoms with E-state index in [1.807, 2.05) is 42.8 Å². The van der Waals surface area contributed by atoms with Crippen LogP contribution < -0.4 is 4.74 Å². The van der Waals surface area contributed by atoms with Crippen LogP contribution in [0.15, 0.2) is 53.7 Å². The molecule has 0 aliphatic heterocycles. The monoisotopic (exact) mass is 387 g/mol. The summed E-state index contributed by atoms with van der Waals surface area (Å²) in [5, 5.41) is 9.58. The van der Waals surface area contributed by atoms with Gasteiger partial charge in [-0.15, -0.1) is 10.2 Å². The van der Waals surface area contributed by atoms with E-state index >= 15 is 0 Å². The smallest absolute Gasteiger partial charge is 0.191 e. The van der Waals surface area contributed by atoms with Crippen LogP contribution in [-0.2, 0) is 13.7 Å². The van der Waals surface area contributed by atoms with Gasteiger partial charge in [0.25, 0.3) is 0 Å². The van der Waals surface area contributed by atoms with Crippen molar-refractivity contribution in [1.82, 2.24) is 14.8 Å². The van der Waals surface area contributed by atoms with Gasteiger partial charge in [-0.25, -0.2) is 0 Å². The molecule has 3 rings (SSSR count). The summed E-state index contributed by atoms with van der Waals surface area (Å²) in [5.74, 6) is 1.79. The predicted octanol–water partition coefficient (Wildman–Crippen LogP) is 4.33. The summed E-state index contributed by atoms with van der Waals surface area (Å²) in [6, 6.07) is 14.7. The fraction of sp³-hybridized carbons (Fsp3) is 0.211. The summed E-state index contributed by atoms with van der Waals surface area (Å²) in [6.45, 7) is 2.35. The number of carbonyl (C=O) groups is 1. The Morgan fingerprint density at radius 2 is 1.81 bits per heavy atom. The zero-order valence-corrected chi connectivity index (χ0v) is 16.0. The summed E-state index contributed by atoms with van der Waals surface area (Å²) in [4.78, 5) is 12.2. The van der Waals surface area contributed by atoms with Crippen LogP contribution in [0.5, 0.6) is 5.75 Å². The van der Waals surface area contributed by atoms with Gasteiger partial charge in [0, 0.05) is 17.6 Å². The van der Waals surface area contributed by atoms with Crippen LogP contribution in [0.2, 0.25) is 5.02 Å². The summed E-state index contributed by atoms with van der Waals surface area (Å²) in [6.07, 6.45) is 0. The Morgan fingerprint density at radius 3 is 2.50 bits per heavy atom. The Bertz CT molecular complexity index is 892. The van der Waals surface area contributed by atoms with Gasteiger partial charge in [-0.3, -0.25) is 4.79 Å². The highest BCUT2D eigenvalue weighted by atomic mass is 35.5. The van der Waals surface area contributed by atoms with Crippen molar-refractivity contribution in [2.24, 2.45) is 7.05 Å². The van der Waals surface area contributed by atoms with Gasteiger partial charge < -0.3 is 9.30 Å². The molecule has 1 aromatic heterocycles. The number of ether oxygens (including phenoxy) is 1. The average Bonchev–Trinajstić information content (AvgIpc) is 3.00. The van der Waals surface area contributed by atoms with E-state index in [1.54, 1.807) is 24.3 Å². The number of rotatable bonds is 7. The summed E-state index contributed by atoms with van der Waals surface area (Å²) in [5.41, 5.74) is 1.81. The summed E-state index contributed by atoms with van der Waals surface area (Å²) < 4.78 is 7.58. The minimum absolute atomic E-state index is 0.0205. The zero-order valence-electron chi connectivity index (χ0n) is 14.5. The van der Waals surface area contributed by atoms with Crippen LogP contribution in [0.4, 0.5) is 0 Å². The Labute approximate surface area is 161 Å². The molecule has 0 saturated heterocycles. The molecule has 0 bridgehead atoms. The van der Waals surface area contributed by atoms with E-state index in [4.69, 9.17) is 16.3 Å². The standard InChI is InChI=1S/C19H18ClN3O2S/c1-13-3-9-16(10-4-13)25-11-18-21-22-19(23(18)2)26-12-17(24)14-5-7-15(20)8-6-14/h3-10H,11-12H2,1-2H3. The van der Waals surface area contributed by atoms with E-state index in [9.17, 15) is 4.79 Å². The Kier molecular flexibility index (Phi) is 5.96. The molecule has 0 N–H and O–H groups in total. The van der Waals surface area contributed by atoms with Crippen LogP contribution in [-0.4, -0.2) is 26.3 Å². The first-order chi connectivity index (χ1) is 12.5. The van der Waals surface area contributed by atoms with Gasteiger partial charge in [0.15, 0.2) is 16.8 Å². The molecule has 0 aliphatic rings. The lowest BCUT2D eigenvalue weighted by Gasteiger charge is -2.07. The third kappa shape index (κ3) is 4.65. The van der Waals surface area contributed by atoms with Crippen molar-refractivity contribution in [3.05, 3.63) is 70.5 Å². The van der Waals surface area contributed by atoms with Crippen molar-refractivity contribution in [2.45, 2.75) is 18.7 Å². The van der Waals surface area contributed by atoms with Gasteiger partial charge in [0.1, 0.15) is 12.4 Å². The first kappa shape index (κ1) is 18.5. The van der Waals surface area contributed by atoms with Crippen LogP contribution in [0.3, 0.4) is 0 Å². The number of nitrogens with zero attached hydrogens (tertiary/aromatic N) is 3. The molecular formula is C19H18ClN3O2S. The quantitative estimate of drug-likeness (QED) is 0.446. The molecule has 0 radical (unpaired) electrons. The lowest BCUT2D eigenvalue weighted by Crippen LogP contribution is -2.06. The second-order valence-corrected chi connectivity index (χ2v) is 7.16. The van der Waals surface area contributed by atoms with Crippen LogP contribution >= 0.6 is 23.4 Å². The molecule has 1 heterocycles. The van der Waals surface area contributed by atoms with Gasteiger partial charge in [-0.1, -0.05) is 41.1 Å². The molecule has 0 atom stereocenters. The molecular weight excluding hydrogens is 370 g/mol. The normalized spacial score (nSPS) is 10.7. The first-order valence-corrected chi connectivity index (χ1v) is 9.38. The Morgan fingerprint density at radius 1 is 1.12 bits per heavy atom. The zero-order chi connectivity index (χ0) is 18.5. The number of ketones is 1. The number of hydrogen-bond donors (Lipinski definition) is 0. The number of thioether (sulfide) groups is 1. The molecule has 0 amide bonds. The summed E-state index contributed by atoms with van der Waals surface area (Å²) >= 11 is 7.19. The van der Waals surface area contributed by atoms with Gasteiger partial charge in [-0.2, -0.15) is 0 Å². The number of benzene rings is 2. The molecule has 7 heteroatoms. The SMILES string of the molecule is Cc1ccc(OCc2nnc(SCC(=O)c3ccc(Cl)cc3)n2C)cc1. The van der Waals surface area contributed by atoms with E-state index in [-0.39, 0.29) is 11.5 Å². The number of Topliss-reactive ketones (excluding diaryl/α,β-unsaturated/α-hetero) is 1. The molecule has 0 unspecified atom stereocenters. The minimum atomic E-state index is 0.0205. The predicted molar refractivity (Wildman–Crippen MR) is 103 cm³/mol. The second kappa shape index (κ2) is 8.38. The van der Waals surface area contributed by atoms with Crippen LogP contribution in [0.25, 0.3) is 0 Å². The van der Waals surface area contributed by atoms with E-state index in [2.05, 4.69) is 10.2 Å². The lowest BCUT2D eigenvalue weighted by molar-refractivity contribution is 0.102. The van der Waals surface area contributed by atoms with Crippen molar-refractivity contribution >= 4 is 29.1 Å².